The minimum absolute atomic E-state index is 0.00328. The number of rotatable bonds is 3. The van der Waals surface area contributed by atoms with E-state index in [2.05, 4.69) is 0 Å². The van der Waals surface area contributed by atoms with Crippen molar-refractivity contribution in [2.75, 3.05) is 19.9 Å². The van der Waals surface area contributed by atoms with E-state index in [4.69, 9.17) is 18.7 Å². The topological polar surface area (TPSA) is 47.9 Å². The second-order valence-electron chi connectivity index (χ2n) is 3.08. The third-order valence-corrected chi connectivity index (χ3v) is 3.65. The molecule has 1 aliphatic heterocycles. The van der Waals surface area contributed by atoms with Gasteiger partial charge in [-0.2, -0.15) is 13.6 Å². The van der Waals surface area contributed by atoms with Gasteiger partial charge in [0.25, 0.3) is 0 Å². The van der Waals surface area contributed by atoms with Gasteiger partial charge in [-0.3, -0.25) is 0 Å². The van der Waals surface area contributed by atoms with Crippen LogP contribution in [-0.4, -0.2) is 37.2 Å². The fourth-order valence-electron chi connectivity index (χ4n) is 1.04. The number of aliphatic hydroxyl groups excluding tert-OH is 1. The van der Waals surface area contributed by atoms with Crippen LogP contribution in [0.3, 0.4) is 0 Å². The van der Waals surface area contributed by atoms with Crippen molar-refractivity contribution in [1.82, 2.24) is 0 Å². The second-order valence-corrected chi connectivity index (χ2v) is 5.30. The van der Waals surface area contributed by atoms with Crippen LogP contribution in [0, 0.1) is 0 Å². The lowest BCUT2D eigenvalue weighted by molar-refractivity contribution is 0.101. The molecule has 3 atom stereocenters. The van der Waals surface area contributed by atoms with E-state index in [-0.39, 0.29) is 18.8 Å². The molecule has 1 rings (SSSR count). The molecule has 0 spiro atoms. The lowest BCUT2D eigenvalue weighted by Gasteiger charge is -2.14. The van der Waals surface area contributed by atoms with Crippen LogP contribution in [0.2, 0.25) is 0 Å². The average molecular weight is 195 g/mol. The minimum Gasteiger partial charge on any atom is -0.394 e. The average Bonchev–Trinajstić information content (AvgIpc) is 2.30. The van der Waals surface area contributed by atoms with Gasteiger partial charge >= 0.3 is 7.94 Å². The summed E-state index contributed by atoms with van der Waals surface area (Å²) in [5.41, 5.74) is 0. The number of aliphatic hydroxyl groups is 1. The summed E-state index contributed by atoms with van der Waals surface area (Å²) >= 11 is 0. The third kappa shape index (κ3) is 2.64. The van der Waals surface area contributed by atoms with Crippen molar-refractivity contribution in [2.45, 2.75) is 26.1 Å². The minimum atomic E-state index is -2.11. The highest BCUT2D eigenvalue weighted by Crippen LogP contribution is 2.63. The molecule has 0 radical (unpaired) electrons. The summed E-state index contributed by atoms with van der Waals surface area (Å²) in [6.45, 7) is 6.14. The van der Waals surface area contributed by atoms with Gasteiger partial charge in [-0.1, -0.05) is 0 Å². The molecule has 3 unspecified atom stereocenters. The van der Waals surface area contributed by atoms with E-state index in [0.717, 1.165) is 0 Å². The zero-order valence-corrected chi connectivity index (χ0v) is 8.58. The standard InChI is InChI=1S/C7H16O4P/c1-6(4-8)10-12(3)9-5-7(2)11-12/h6-8H,4-5H2,1-3H3/q+1. The fourth-order valence-corrected chi connectivity index (χ4v) is 3.13. The first-order valence-electron chi connectivity index (χ1n) is 4.04. The largest absolute Gasteiger partial charge is 0.409 e. The summed E-state index contributed by atoms with van der Waals surface area (Å²) in [6.07, 6.45) is -0.108. The lowest BCUT2D eigenvalue weighted by Crippen LogP contribution is -2.14. The van der Waals surface area contributed by atoms with Crippen molar-refractivity contribution in [1.29, 1.82) is 0 Å². The highest BCUT2D eigenvalue weighted by molar-refractivity contribution is 7.61. The Bertz CT molecular complexity index is 154. The van der Waals surface area contributed by atoms with E-state index in [1.165, 1.54) is 0 Å². The Hall–Kier alpha value is 0.270. The van der Waals surface area contributed by atoms with Crippen molar-refractivity contribution < 1.29 is 18.7 Å². The van der Waals surface area contributed by atoms with E-state index in [9.17, 15) is 0 Å². The Kier molecular flexibility index (Phi) is 3.44. The van der Waals surface area contributed by atoms with Gasteiger partial charge < -0.3 is 5.11 Å². The van der Waals surface area contributed by atoms with Gasteiger partial charge in [0.2, 0.25) is 0 Å². The Morgan fingerprint density at radius 3 is 2.83 bits per heavy atom. The van der Waals surface area contributed by atoms with Crippen LogP contribution in [0.15, 0.2) is 0 Å². The summed E-state index contributed by atoms with van der Waals surface area (Å²) in [5.74, 6) is 0. The monoisotopic (exact) mass is 195 g/mol. The molecule has 0 aliphatic carbocycles. The van der Waals surface area contributed by atoms with Crippen LogP contribution < -0.4 is 0 Å². The normalized spacial score (nSPS) is 38.5. The maximum Gasteiger partial charge on any atom is 0.409 e. The number of hydrogen-bond donors (Lipinski definition) is 1. The zero-order chi connectivity index (χ0) is 9.19. The molecular formula is C7H16O4P+. The molecule has 12 heavy (non-hydrogen) atoms. The van der Waals surface area contributed by atoms with Gasteiger partial charge in [-0.25, -0.2) is 0 Å². The molecule has 0 amide bonds. The Labute approximate surface area is 73.4 Å². The van der Waals surface area contributed by atoms with Gasteiger partial charge in [0.05, 0.1) is 6.61 Å². The van der Waals surface area contributed by atoms with Crippen molar-refractivity contribution in [3.63, 3.8) is 0 Å². The Balaban J connectivity index is 2.39. The summed E-state index contributed by atoms with van der Waals surface area (Å²) in [7, 11) is -2.11. The van der Waals surface area contributed by atoms with Gasteiger partial charge in [-0.15, -0.1) is 0 Å². The Morgan fingerprint density at radius 2 is 2.42 bits per heavy atom. The SMILES string of the molecule is CC(CO)O[P+]1(C)OCC(C)O1. The molecule has 0 bridgehead atoms. The molecule has 1 N–H and O–H groups in total. The first kappa shape index (κ1) is 10.4. The summed E-state index contributed by atoms with van der Waals surface area (Å²) in [4.78, 5) is 0. The van der Waals surface area contributed by atoms with Crippen molar-refractivity contribution in [2.24, 2.45) is 0 Å². The van der Waals surface area contributed by atoms with Crippen LogP contribution in [0.5, 0.6) is 0 Å². The third-order valence-electron chi connectivity index (χ3n) is 1.54. The molecule has 0 aromatic heterocycles. The molecule has 5 heteroatoms. The van der Waals surface area contributed by atoms with Crippen molar-refractivity contribution in [3.05, 3.63) is 0 Å². The van der Waals surface area contributed by atoms with Crippen LogP contribution in [0.25, 0.3) is 0 Å². The smallest absolute Gasteiger partial charge is 0.394 e. The highest BCUT2D eigenvalue weighted by atomic mass is 31.2. The van der Waals surface area contributed by atoms with Crippen LogP contribution in [0.4, 0.5) is 0 Å². The first-order valence-corrected chi connectivity index (χ1v) is 6.03. The second kappa shape index (κ2) is 3.99. The molecule has 1 fully saturated rings. The maximum atomic E-state index is 8.76. The number of hydrogen-bond acceptors (Lipinski definition) is 4. The van der Waals surface area contributed by atoms with Crippen LogP contribution in [-0.2, 0) is 13.6 Å². The maximum absolute atomic E-state index is 8.76. The van der Waals surface area contributed by atoms with Crippen molar-refractivity contribution in [3.8, 4) is 0 Å². The summed E-state index contributed by atoms with van der Waals surface area (Å²) < 4.78 is 16.3. The van der Waals surface area contributed by atoms with Gasteiger partial charge in [0.1, 0.15) is 25.5 Å². The summed E-state index contributed by atoms with van der Waals surface area (Å²) in [6, 6.07) is 0. The molecular weight excluding hydrogens is 179 g/mol. The predicted octanol–water partition coefficient (Wildman–Crippen LogP) is 1.21. The molecule has 0 aromatic carbocycles. The van der Waals surface area contributed by atoms with E-state index in [1.54, 1.807) is 6.92 Å². The van der Waals surface area contributed by atoms with E-state index in [1.807, 2.05) is 13.6 Å². The molecule has 72 valence electrons. The van der Waals surface area contributed by atoms with Gasteiger partial charge in [0.15, 0.2) is 0 Å². The molecule has 1 aliphatic rings. The molecule has 4 nitrogen and oxygen atoms in total. The van der Waals surface area contributed by atoms with Crippen LogP contribution in [0.1, 0.15) is 13.8 Å². The first-order chi connectivity index (χ1) is 5.56. The van der Waals surface area contributed by atoms with E-state index >= 15 is 0 Å². The van der Waals surface area contributed by atoms with Crippen LogP contribution >= 0.6 is 7.94 Å². The Morgan fingerprint density at radius 1 is 1.75 bits per heavy atom. The molecule has 1 heterocycles. The fraction of sp³-hybridized carbons (Fsp3) is 1.00. The quantitative estimate of drug-likeness (QED) is 0.687. The highest BCUT2D eigenvalue weighted by Gasteiger charge is 2.48. The molecule has 0 aromatic rings. The lowest BCUT2D eigenvalue weighted by atomic mass is 10.5. The van der Waals surface area contributed by atoms with Gasteiger partial charge in [-0.05, 0) is 13.8 Å². The van der Waals surface area contributed by atoms with E-state index < -0.39 is 7.94 Å². The van der Waals surface area contributed by atoms with Gasteiger partial charge in [0, 0.05) is 0 Å². The molecule has 0 saturated carbocycles. The molecule has 1 saturated heterocycles. The van der Waals surface area contributed by atoms with Crippen molar-refractivity contribution >= 4 is 7.94 Å². The van der Waals surface area contributed by atoms with E-state index in [0.29, 0.717) is 6.61 Å². The predicted molar refractivity (Wildman–Crippen MR) is 47.0 cm³/mol. The summed E-state index contributed by atoms with van der Waals surface area (Å²) in [5, 5.41) is 8.76. The zero-order valence-electron chi connectivity index (χ0n) is 7.69.